The van der Waals surface area contributed by atoms with Gasteiger partial charge in [0.25, 0.3) is 0 Å². The van der Waals surface area contributed by atoms with Gasteiger partial charge in [-0.2, -0.15) is 4.98 Å². The fourth-order valence-corrected chi connectivity index (χ4v) is 2.82. The average molecular weight is 346 g/mol. The van der Waals surface area contributed by atoms with Crippen molar-refractivity contribution in [2.45, 2.75) is 18.4 Å². The van der Waals surface area contributed by atoms with E-state index in [2.05, 4.69) is 15.3 Å². The third kappa shape index (κ3) is 3.62. The van der Waals surface area contributed by atoms with Crippen LogP contribution in [-0.2, 0) is 4.79 Å². The van der Waals surface area contributed by atoms with Crippen LogP contribution in [0.5, 0.6) is 5.75 Å². The van der Waals surface area contributed by atoms with Gasteiger partial charge in [-0.15, -0.1) is 0 Å². The molecule has 2 aromatic rings. The Hall–Kier alpha value is -2.90. The lowest BCUT2D eigenvalue weighted by Crippen LogP contribution is -2.53. The molecule has 1 aliphatic heterocycles. The molecule has 7 nitrogen and oxygen atoms in total. The van der Waals surface area contributed by atoms with E-state index in [1.807, 2.05) is 4.90 Å². The maximum Gasteiger partial charge on any atom is 0.348 e. The number of carbonyl (C=O) groups is 1. The van der Waals surface area contributed by atoms with Crippen LogP contribution in [0.2, 0.25) is 0 Å². The smallest absolute Gasteiger partial charge is 0.348 e. The molecule has 1 saturated heterocycles. The maximum atomic E-state index is 13.3. The highest BCUT2D eigenvalue weighted by atomic mass is 19.1. The summed E-state index contributed by atoms with van der Waals surface area (Å²) in [6, 6.07) is 7.28. The molecule has 1 aliphatic rings. The van der Waals surface area contributed by atoms with Crippen LogP contribution in [0, 0.1) is 5.82 Å². The number of carboxylic acid groups (broad SMARTS) is 1. The van der Waals surface area contributed by atoms with Crippen LogP contribution in [0.25, 0.3) is 0 Å². The molecule has 3 rings (SSSR count). The van der Waals surface area contributed by atoms with E-state index >= 15 is 0 Å². The summed E-state index contributed by atoms with van der Waals surface area (Å²) in [5.74, 6) is -0.0778. The fourth-order valence-electron chi connectivity index (χ4n) is 2.82. The molecule has 2 heterocycles. The van der Waals surface area contributed by atoms with Crippen molar-refractivity contribution in [2.75, 3.05) is 30.4 Å². The zero-order chi connectivity index (χ0) is 17.9. The van der Waals surface area contributed by atoms with Crippen LogP contribution in [0.3, 0.4) is 0 Å². The van der Waals surface area contributed by atoms with Gasteiger partial charge in [-0.05, 0) is 18.2 Å². The molecule has 132 valence electrons. The minimum absolute atomic E-state index is 0.212. The average Bonchev–Trinajstić information content (AvgIpc) is 2.62. The van der Waals surface area contributed by atoms with Crippen LogP contribution in [0.15, 0.2) is 36.5 Å². The van der Waals surface area contributed by atoms with Gasteiger partial charge >= 0.3 is 5.97 Å². The quantitative estimate of drug-likeness (QED) is 0.858. The maximum absolute atomic E-state index is 13.3. The second-order valence-corrected chi connectivity index (χ2v) is 5.84. The Morgan fingerprint density at radius 3 is 2.76 bits per heavy atom. The highest BCUT2D eigenvalue weighted by molar-refractivity contribution is 5.78. The standard InChI is InChI=1S/C17H19FN4O3/c1-19-14-5-8-20-16(21-14)22-9-6-17(7-10-22,15(23)24)25-13-4-2-3-12(18)11-13/h2-5,8,11H,6-7,9-10H2,1H3,(H,23,24)(H,19,20,21). The molecule has 25 heavy (non-hydrogen) atoms. The summed E-state index contributed by atoms with van der Waals surface area (Å²) >= 11 is 0. The molecule has 1 fully saturated rings. The zero-order valence-corrected chi connectivity index (χ0v) is 13.8. The highest BCUT2D eigenvalue weighted by Crippen LogP contribution is 2.31. The topological polar surface area (TPSA) is 87.6 Å². The first-order valence-corrected chi connectivity index (χ1v) is 7.96. The molecule has 0 atom stereocenters. The molecule has 0 spiro atoms. The molecule has 2 N–H and O–H groups in total. The van der Waals surface area contributed by atoms with Crippen molar-refractivity contribution in [3.8, 4) is 5.75 Å². The number of hydrogen-bond acceptors (Lipinski definition) is 6. The largest absolute Gasteiger partial charge is 0.478 e. The number of benzene rings is 1. The first-order valence-electron chi connectivity index (χ1n) is 7.96. The molecule has 0 bridgehead atoms. The molecular formula is C17H19FN4O3. The number of piperidine rings is 1. The monoisotopic (exact) mass is 346 g/mol. The molecule has 0 radical (unpaired) electrons. The Balaban J connectivity index is 1.75. The van der Waals surface area contributed by atoms with Gasteiger partial charge in [0, 0.05) is 45.2 Å². The van der Waals surface area contributed by atoms with E-state index in [-0.39, 0.29) is 18.6 Å². The van der Waals surface area contributed by atoms with Crippen molar-refractivity contribution in [1.82, 2.24) is 9.97 Å². The third-order valence-corrected chi connectivity index (χ3v) is 4.25. The van der Waals surface area contributed by atoms with Gasteiger partial charge in [0.05, 0.1) is 0 Å². The lowest BCUT2D eigenvalue weighted by atomic mass is 9.91. The normalized spacial score (nSPS) is 16.3. The summed E-state index contributed by atoms with van der Waals surface area (Å²) in [5, 5.41) is 12.6. The highest BCUT2D eigenvalue weighted by Gasteiger charge is 2.44. The first-order chi connectivity index (χ1) is 12.0. The summed E-state index contributed by atoms with van der Waals surface area (Å²) in [6.07, 6.45) is 2.13. The Bertz CT molecular complexity index is 763. The Labute approximate surface area is 144 Å². The van der Waals surface area contributed by atoms with Gasteiger partial charge in [0.2, 0.25) is 11.5 Å². The van der Waals surface area contributed by atoms with Crippen molar-refractivity contribution in [2.24, 2.45) is 0 Å². The van der Waals surface area contributed by atoms with Crippen LogP contribution in [0.1, 0.15) is 12.8 Å². The van der Waals surface area contributed by atoms with Gasteiger partial charge in [-0.25, -0.2) is 14.2 Å². The molecule has 0 amide bonds. The summed E-state index contributed by atoms with van der Waals surface area (Å²) in [5.41, 5.74) is -1.38. The van der Waals surface area contributed by atoms with E-state index < -0.39 is 17.4 Å². The van der Waals surface area contributed by atoms with Crippen molar-refractivity contribution >= 4 is 17.7 Å². The van der Waals surface area contributed by atoms with Crippen molar-refractivity contribution in [3.63, 3.8) is 0 Å². The van der Waals surface area contributed by atoms with Crippen LogP contribution >= 0.6 is 0 Å². The van der Waals surface area contributed by atoms with Crippen molar-refractivity contribution < 1.29 is 19.0 Å². The van der Waals surface area contributed by atoms with E-state index in [1.54, 1.807) is 25.4 Å². The number of ether oxygens (including phenoxy) is 1. The predicted octanol–water partition coefficient (Wildman–Crippen LogP) is 2.16. The number of aliphatic carboxylic acids is 1. The number of aromatic nitrogens is 2. The van der Waals surface area contributed by atoms with E-state index in [1.165, 1.54) is 18.2 Å². The number of carboxylic acids is 1. The molecule has 8 heteroatoms. The van der Waals surface area contributed by atoms with Gasteiger partial charge in [0.1, 0.15) is 17.4 Å². The summed E-state index contributed by atoms with van der Waals surface area (Å²) in [4.78, 5) is 22.3. The van der Waals surface area contributed by atoms with Crippen LogP contribution in [0.4, 0.5) is 16.2 Å². The SMILES string of the molecule is CNc1ccnc(N2CCC(Oc3cccc(F)c3)(C(=O)O)CC2)n1. The van der Waals surface area contributed by atoms with Gasteiger partial charge < -0.3 is 20.1 Å². The first kappa shape index (κ1) is 16.9. The second kappa shape index (κ2) is 6.92. The van der Waals surface area contributed by atoms with Crippen LogP contribution < -0.4 is 15.0 Å². The number of nitrogens with one attached hydrogen (secondary N) is 1. The van der Waals surface area contributed by atoms with E-state index in [0.717, 1.165) is 0 Å². The van der Waals surface area contributed by atoms with Gasteiger partial charge in [-0.1, -0.05) is 6.07 Å². The lowest BCUT2D eigenvalue weighted by molar-refractivity contribution is -0.157. The molecule has 0 saturated carbocycles. The number of nitrogens with zero attached hydrogens (tertiary/aromatic N) is 3. The molecule has 1 aromatic carbocycles. The molecule has 1 aromatic heterocycles. The zero-order valence-electron chi connectivity index (χ0n) is 13.8. The molecule has 0 unspecified atom stereocenters. The van der Waals surface area contributed by atoms with E-state index in [9.17, 15) is 14.3 Å². The summed E-state index contributed by atoms with van der Waals surface area (Å²) in [7, 11) is 1.77. The Morgan fingerprint density at radius 1 is 1.36 bits per heavy atom. The fraction of sp³-hybridized carbons (Fsp3) is 0.353. The summed E-state index contributed by atoms with van der Waals surface area (Å²) in [6.45, 7) is 0.851. The second-order valence-electron chi connectivity index (χ2n) is 5.84. The Morgan fingerprint density at radius 2 is 2.12 bits per heavy atom. The number of hydrogen-bond donors (Lipinski definition) is 2. The van der Waals surface area contributed by atoms with Crippen LogP contribution in [-0.4, -0.2) is 46.8 Å². The minimum Gasteiger partial charge on any atom is -0.478 e. The Kier molecular flexibility index (Phi) is 4.69. The number of anilines is 2. The number of halogens is 1. The van der Waals surface area contributed by atoms with E-state index in [0.29, 0.717) is 24.9 Å². The van der Waals surface area contributed by atoms with Crippen molar-refractivity contribution in [1.29, 1.82) is 0 Å². The molecular weight excluding hydrogens is 327 g/mol. The van der Waals surface area contributed by atoms with E-state index in [4.69, 9.17) is 4.74 Å². The number of rotatable bonds is 5. The van der Waals surface area contributed by atoms with Gasteiger partial charge in [-0.3, -0.25) is 0 Å². The molecule has 0 aliphatic carbocycles. The minimum atomic E-state index is -1.38. The summed E-state index contributed by atoms with van der Waals surface area (Å²) < 4.78 is 19.0. The van der Waals surface area contributed by atoms with Crippen molar-refractivity contribution in [3.05, 3.63) is 42.3 Å². The van der Waals surface area contributed by atoms with Gasteiger partial charge in [0.15, 0.2) is 0 Å². The lowest BCUT2D eigenvalue weighted by Gasteiger charge is -2.38. The predicted molar refractivity (Wildman–Crippen MR) is 90.4 cm³/mol. The third-order valence-electron chi connectivity index (χ3n) is 4.25.